The summed E-state index contributed by atoms with van der Waals surface area (Å²) < 4.78 is 5.32. The molecule has 150 valence electrons. The molecular weight excluding hydrogens is 408 g/mol. The van der Waals surface area contributed by atoms with E-state index >= 15 is 0 Å². The van der Waals surface area contributed by atoms with Crippen molar-refractivity contribution in [3.63, 3.8) is 0 Å². The summed E-state index contributed by atoms with van der Waals surface area (Å²) in [6, 6.07) is 12.5. The van der Waals surface area contributed by atoms with Gasteiger partial charge in [0.15, 0.2) is 12.1 Å². The maximum Gasteiger partial charge on any atom is 0.263 e. The number of hydrogen-bond acceptors (Lipinski definition) is 8. The van der Waals surface area contributed by atoms with Crippen LogP contribution in [0, 0.1) is 6.92 Å². The van der Waals surface area contributed by atoms with E-state index in [2.05, 4.69) is 20.5 Å². The minimum absolute atomic E-state index is 0.0614. The second-order valence-corrected chi connectivity index (χ2v) is 7.50. The highest BCUT2D eigenvalue weighted by molar-refractivity contribution is 6.31. The van der Waals surface area contributed by atoms with Crippen molar-refractivity contribution in [3.05, 3.63) is 65.0 Å². The van der Waals surface area contributed by atoms with Crippen LogP contribution in [0.3, 0.4) is 0 Å². The molecule has 0 unspecified atom stereocenters. The first-order valence-corrected chi connectivity index (χ1v) is 9.59. The second kappa shape index (κ2) is 7.03. The van der Waals surface area contributed by atoms with E-state index in [0.717, 1.165) is 16.0 Å². The second-order valence-electron chi connectivity index (χ2n) is 7.06. The fraction of sp³-hybridized carbons (Fsp3) is 0.200. The lowest BCUT2D eigenvalue weighted by molar-refractivity contribution is -0.123. The summed E-state index contributed by atoms with van der Waals surface area (Å²) in [6.07, 6.45) is 0. The van der Waals surface area contributed by atoms with Crippen LogP contribution in [-0.2, 0) is 16.1 Å². The Morgan fingerprint density at radius 3 is 2.67 bits per heavy atom. The Balaban J connectivity index is 1.36. The van der Waals surface area contributed by atoms with E-state index in [1.54, 1.807) is 24.3 Å². The van der Waals surface area contributed by atoms with Crippen LogP contribution in [0.4, 0.5) is 5.69 Å². The van der Waals surface area contributed by atoms with Gasteiger partial charge in [0.25, 0.3) is 11.8 Å². The molecule has 3 aromatic rings. The van der Waals surface area contributed by atoms with E-state index in [9.17, 15) is 9.59 Å². The Morgan fingerprint density at radius 2 is 1.90 bits per heavy atom. The molecule has 10 heteroatoms. The van der Waals surface area contributed by atoms with Gasteiger partial charge in [-0.2, -0.15) is 10.1 Å². The number of halogens is 1. The van der Waals surface area contributed by atoms with Crippen LogP contribution < -0.4 is 4.90 Å². The number of imide groups is 1. The molecule has 1 aromatic heterocycles. The van der Waals surface area contributed by atoms with Gasteiger partial charge in [0, 0.05) is 10.6 Å². The zero-order valence-electron chi connectivity index (χ0n) is 15.8. The van der Waals surface area contributed by atoms with Crippen molar-refractivity contribution < 1.29 is 14.1 Å². The molecule has 2 amide bonds. The smallest absolute Gasteiger partial charge is 0.263 e. The van der Waals surface area contributed by atoms with Crippen LogP contribution in [0.15, 0.2) is 63.4 Å². The van der Waals surface area contributed by atoms with Gasteiger partial charge in [-0.1, -0.05) is 57.9 Å². The molecule has 30 heavy (non-hydrogen) atoms. The first-order valence-electron chi connectivity index (χ1n) is 9.22. The molecule has 0 aliphatic carbocycles. The van der Waals surface area contributed by atoms with Gasteiger partial charge >= 0.3 is 0 Å². The van der Waals surface area contributed by atoms with E-state index < -0.39 is 23.9 Å². The minimum atomic E-state index is -0.907. The first kappa shape index (κ1) is 18.4. The molecule has 3 heterocycles. The fourth-order valence-corrected chi connectivity index (χ4v) is 3.69. The number of aryl methyl sites for hydroxylation is 1. The Labute approximate surface area is 175 Å². The summed E-state index contributed by atoms with van der Waals surface area (Å²) in [6.45, 7) is 2.05. The Hall–Kier alpha value is -3.59. The highest BCUT2D eigenvalue weighted by Gasteiger charge is 2.55. The third-order valence-electron chi connectivity index (χ3n) is 5.00. The van der Waals surface area contributed by atoms with Crippen molar-refractivity contribution in [1.82, 2.24) is 15.1 Å². The van der Waals surface area contributed by atoms with E-state index in [-0.39, 0.29) is 12.4 Å². The van der Waals surface area contributed by atoms with E-state index in [0.29, 0.717) is 16.5 Å². The zero-order valence-corrected chi connectivity index (χ0v) is 16.5. The largest absolute Gasteiger partial charge is 0.337 e. The lowest BCUT2D eigenvalue weighted by Crippen LogP contribution is -2.39. The average Bonchev–Trinajstić information content (AvgIpc) is 3.41. The Bertz CT molecular complexity index is 1180. The van der Waals surface area contributed by atoms with E-state index in [1.807, 2.05) is 31.2 Å². The number of carbonyl (C=O) groups is 2. The van der Waals surface area contributed by atoms with Crippen molar-refractivity contribution in [3.8, 4) is 11.4 Å². The quantitative estimate of drug-likeness (QED) is 0.598. The van der Waals surface area contributed by atoms with Crippen LogP contribution in [0.25, 0.3) is 11.4 Å². The summed E-state index contributed by atoms with van der Waals surface area (Å²) in [5.74, 6) is -0.154. The van der Waals surface area contributed by atoms with Gasteiger partial charge < -0.3 is 4.52 Å². The van der Waals surface area contributed by atoms with Gasteiger partial charge in [-0.05, 0) is 25.1 Å². The lowest BCUT2D eigenvalue weighted by atomic mass is 10.1. The van der Waals surface area contributed by atoms with Crippen molar-refractivity contribution in [1.29, 1.82) is 0 Å². The van der Waals surface area contributed by atoms with Gasteiger partial charge in [0.1, 0.15) is 6.54 Å². The van der Waals surface area contributed by atoms with Crippen molar-refractivity contribution in [2.75, 3.05) is 4.90 Å². The predicted octanol–water partition coefficient (Wildman–Crippen LogP) is 3.19. The van der Waals surface area contributed by atoms with Gasteiger partial charge in [-0.25, -0.2) is 4.90 Å². The van der Waals surface area contributed by atoms with Crippen LogP contribution in [0.5, 0.6) is 0 Å². The molecule has 0 saturated carbocycles. The number of aromatic nitrogens is 2. The molecular formula is C20H15ClN6O3. The van der Waals surface area contributed by atoms with Crippen LogP contribution in [0.2, 0.25) is 5.02 Å². The molecule has 0 N–H and O–H groups in total. The number of amides is 2. The third kappa shape index (κ3) is 3.03. The van der Waals surface area contributed by atoms with Crippen LogP contribution >= 0.6 is 11.6 Å². The standard InChI is InChI=1S/C20H15ClN6O3/c1-11-5-7-12(8-6-11)18-22-15(30-24-18)10-26-17-16(23-25-26)19(28)27(20(17)29)14-4-2-3-13(21)9-14/h2-9,16-17H,10H2,1H3/t16-,17-/m0/s1. The van der Waals surface area contributed by atoms with Gasteiger partial charge in [0.2, 0.25) is 11.7 Å². The minimum Gasteiger partial charge on any atom is -0.337 e. The van der Waals surface area contributed by atoms with E-state index in [4.69, 9.17) is 16.1 Å². The summed E-state index contributed by atoms with van der Waals surface area (Å²) >= 11 is 6.01. The number of rotatable bonds is 4. The molecule has 1 fully saturated rings. The molecule has 2 aliphatic rings. The van der Waals surface area contributed by atoms with Gasteiger partial charge in [-0.3, -0.25) is 14.6 Å². The highest BCUT2D eigenvalue weighted by atomic mass is 35.5. The molecule has 9 nitrogen and oxygen atoms in total. The number of fused-ring (bicyclic) bond motifs is 1. The predicted molar refractivity (Wildman–Crippen MR) is 106 cm³/mol. The van der Waals surface area contributed by atoms with Crippen LogP contribution in [-0.4, -0.2) is 39.0 Å². The summed E-state index contributed by atoms with van der Waals surface area (Å²) in [7, 11) is 0. The Kier molecular flexibility index (Phi) is 4.32. The summed E-state index contributed by atoms with van der Waals surface area (Å²) in [5, 5.41) is 13.8. The molecule has 5 rings (SSSR count). The first-order chi connectivity index (χ1) is 14.5. The number of anilines is 1. The number of carbonyl (C=O) groups excluding carboxylic acids is 2. The highest BCUT2D eigenvalue weighted by Crippen LogP contribution is 2.33. The molecule has 2 aliphatic heterocycles. The topological polar surface area (TPSA) is 104 Å². The molecule has 2 aromatic carbocycles. The number of benzene rings is 2. The lowest BCUT2D eigenvalue weighted by Gasteiger charge is -2.19. The monoisotopic (exact) mass is 422 g/mol. The normalized spacial score (nSPS) is 20.3. The zero-order chi connectivity index (χ0) is 20.8. The van der Waals surface area contributed by atoms with Crippen molar-refractivity contribution >= 4 is 29.1 Å². The maximum absolute atomic E-state index is 13.0. The summed E-state index contributed by atoms with van der Waals surface area (Å²) in [5.41, 5.74) is 2.34. The van der Waals surface area contributed by atoms with Crippen molar-refractivity contribution in [2.24, 2.45) is 10.3 Å². The number of nitrogens with zero attached hydrogens (tertiary/aromatic N) is 6. The van der Waals surface area contributed by atoms with Gasteiger partial charge in [0.05, 0.1) is 5.69 Å². The molecule has 0 spiro atoms. The molecule has 1 saturated heterocycles. The average molecular weight is 423 g/mol. The van der Waals surface area contributed by atoms with Crippen LogP contribution in [0.1, 0.15) is 11.5 Å². The molecule has 2 atom stereocenters. The van der Waals surface area contributed by atoms with Crippen molar-refractivity contribution in [2.45, 2.75) is 25.6 Å². The molecule has 0 bridgehead atoms. The van der Waals surface area contributed by atoms with E-state index in [1.165, 1.54) is 5.01 Å². The maximum atomic E-state index is 13.0. The Morgan fingerprint density at radius 1 is 1.10 bits per heavy atom. The third-order valence-corrected chi connectivity index (χ3v) is 5.23. The molecule has 0 radical (unpaired) electrons. The SMILES string of the molecule is Cc1ccc(-c2noc(CN3N=N[C@@H]4C(=O)N(c5cccc(Cl)c5)C(=O)[C@H]43)n2)cc1. The summed E-state index contributed by atoms with van der Waals surface area (Å²) in [4.78, 5) is 31.2. The van der Waals surface area contributed by atoms with Gasteiger partial charge in [-0.15, -0.1) is 0 Å². The fourth-order valence-electron chi connectivity index (χ4n) is 3.50. The number of hydrogen-bond donors (Lipinski definition) is 0.